The van der Waals surface area contributed by atoms with E-state index in [0.29, 0.717) is 0 Å². The van der Waals surface area contributed by atoms with E-state index in [4.69, 9.17) is 0 Å². The molecule has 1 aromatic rings. The fourth-order valence-corrected chi connectivity index (χ4v) is 1.44. The molecule has 0 aromatic carbocycles. The molecule has 0 aliphatic heterocycles. The Kier molecular flexibility index (Phi) is 6.39. The summed E-state index contributed by atoms with van der Waals surface area (Å²) in [6, 6.07) is 0. The maximum Gasteiger partial charge on any atom is 0.225 e. The van der Waals surface area contributed by atoms with Gasteiger partial charge in [0.1, 0.15) is 5.97 Å². The molecular weight excluding hydrogens is 182 g/mol. The van der Waals surface area contributed by atoms with E-state index in [9.17, 15) is 9.90 Å². The van der Waals surface area contributed by atoms with Crippen LogP contribution in [0.25, 0.3) is 0 Å². The summed E-state index contributed by atoms with van der Waals surface area (Å²) in [6.45, 7) is 1.81. The highest BCUT2D eigenvalue weighted by Gasteiger charge is 2.05. The number of nitrogens with zero attached hydrogens (tertiary/aromatic N) is 1. The Morgan fingerprint density at radius 1 is 1.67 bits per heavy atom. The van der Waals surface area contributed by atoms with Crippen molar-refractivity contribution < 1.29 is 25.4 Å². The summed E-state index contributed by atoms with van der Waals surface area (Å²) in [5.74, 6) is -1.05. The largest absolute Gasteiger partial charge is 0.544 e. The lowest BCUT2D eigenvalue weighted by atomic mass is 10.5. The van der Waals surface area contributed by atoms with Crippen molar-refractivity contribution in [1.82, 2.24) is 0 Å². The van der Waals surface area contributed by atoms with Gasteiger partial charge in [-0.1, -0.05) is 11.3 Å². The third-order valence-corrected chi connectivity index (χ3v) is 2.03. The van der Waals surface area contributed by atoms with Gasteiger partial charge in [0.2, 0.25) is 5.51 Å². The number of rotatable bonds is 2. The van der Waals surface area contributed by atoms with Gasteiger partial charge in [-0.15, -0.1) is 0 Å². The number of carbonyl (C=O) groups is 1. The van der Waals surface area contributed by atoms with Crippen molar-refractivity contribution >= 4 is 17.3 Å². The first-order chi connectivity index (χ1) is 4.70. The Hall–Kier alpha value is -0.980. The molecular formula is C6H11NO4S. The summed E-state index contributed by atoms with van der Waals surface area (Å²) in [6.07, 6.45) is 0. The molecule has 70 valence electrons. The van der Waals surface area contributed by atoms with E-state index in [1.165, 1.54) is 11.3 Å². The van der Waals surface area contributed by atoms with Crippen molar-refractivity contribution in [1.29, 1.82) is 0 Å². The van der Waals surface area contributed by atoms with Gasteiger partial charge in [-0.3, -0.25) is 0 Å². The van der Waals surface area contributed by atoms with Crippen LogP contribution in [0, 0.1) is 6.92 Å². The molecule has 0 aliphatic carbocycles. The molecule has 0 aliphatic rings. The molecule has 0 bridgehead atoms. The van der Waals surface area contributed by atoms with Crippen LogP contribution in [-0.4, -0.2) is 16.9 Å². The average molecular weight is 193 g/mol. The quantitative estimate of drug-likeness (QED) is 0.482. The van der Waals surface area contributed by atoms with Gasteiger partial charge in [0.05, 0.1) is 5.38 Å². The number of thiazole rings is 1. The van der Waals surface area contributed by atoms with Crippen LogP contribution < -0.4 is 9.67 Å². The monoisotopic (exact) mass is 193 g/mol. The van der Waals surface area contributed by atoms with Crippen LogP contribution in [0.4, 0.5) is 0 Å². The predicted octanol–water partition coefficient (Wildman–Crippen LogP) is -2.56. The Morgan fingerprint density at radius 3 is 2.58 bits per heavy atom. The number of carboxylic acids is 1. The van der Waals surface area contributed by atoms with E-state index in [-0.39, 0.29) is 17.5 Å². The lowest BCUT2D eigenvalue weighted by molar-refractivity contribution is -0.691. The molecule has 0 saturated carbocycles. The van der Waals surface area contributed by atoms with Crippen LogP contribution in [0.2, 0.25) is 0 Å². The first kappa shape index (κ1) is 13.6. The smallest absolute Gasteiger partial charge is 0.225 e. The maximum absolute atomic E-state index is 10.1. The third-order valence-electron chi connectivity index (χ3n) is 1.18. The van der Waals surface area contributed by atoms with E-state index in [1.807, 2.05) is 12.3 Å². The molecule has 6 heteroatoms. The van der Waals surface area contributed by atoms with Crippen molar-refractivity contribution in [3.8, 4) is 0 Å². The highest BCUT2D eigenvalue weighted by atomic mass is 32.1. The first-order valence-electron chi connectivity index (χ1n) is 2.82. The van der Waals surface area contributed by atoms with E-state index in [2.05, 4.69) is 0 Å². The number of hydrogen-bond donors (Lipinski definition) is 0. The maximum atomic E-state index is 10.1. The van der Waals surface area contributed by atoms with Crippen molar-refractivity contribution in [2.24, 2.45) is 0 Å². The summed E-state index contributed by atoms with van der Waals surface area (Å²) < 4.78 is 1.64. The van der Waals surface area contributed by atoms with Crippen LogP contribution >= 0.6 is 11.3 Å². The van der Waals surface area contributed by atoms with Gasteiger partial charge < -0.3 is 20.9 Å². The van der Waals surface area contributed by atoms with E-state index < -0.39 is 5.97 Å². The van der Waals surface area contributed by atoms with Gasteiger partial charge in [-0.25, -0.2) is 0 Å². The summed E-state index contributed by atoms with van der Waals surface area (Å²) in [4.78, 5) is 10.1. The number of hydrogen-bond acceptors (Lipinski definition) is 3. The molecule has 0 saturated heterocycles. The van der Waals surface area contributed by atoms with E-state index in [0.717, 1.165) is 5.69 Å². The fourth-order valence-electron chi connectivity index (χ4n) is 0.654. The van der Waals surface area contributed by atoms with E-state index >= 15 is 0 Å². The van der Waals surface area contributed by atoms with Gasteiger partial charge in [0.25, 0.3) is 0 Å². The Bertz CT molecular complexity index is 247. The molecule has 1 aromatic heterocycles. The van der Waals surface area contributed by atoms with Crippen molar-refractivity contribution in [3.63, 3.8) is 0 Å². The molecule has 0 fully saturated rings. The van der Waals surface area contributed by atoms with Crippen LogP contribution in [0.1, 0.15) is 5.69 Å². The number of aliphatic carboxylic acids is 1. The zero-order valence-corrected chi connectivity index (χ0v) is 7.35. The van der Waals surface area contributed by atoms with Crippen LogP contribution in [0.5, 0.6) is 0 Å². The number of aryl methyl sites for hydroxylation is 1. The van der Waals surface area contributed by atoms with E-state index in [1.54, 1.807) is 10.1 Å². The van der Waals surface area contributed by atoms with Gasteiger partial charge in [0, 0.05) is 6.92 Å². The first-order valence-corrected chi connectivity index (χ1v) is 3.76. The van der Waals surface area contributed by atoms with Crippen molar-refractivity contribution in [2.75, 3.05) is 0 Å². The summed E-state index contributed by atoms with van der Waals surface area (Å²) in [5, 5.41) is 12.0. The molecule has 5 nitrogen and oxygen atoms in total. The molecule has 1 rings (SSSR count). The average Bonchev–Trinajstić information content (AvgIpc) is 2.15. The molecule has 12 heavy (non-hydrogen) atoms. The summed E-state index contributed by atoms with van der Waals surface area (Å²) >= 11 is 1.48. The number of carbonyl (C=O) groups excluding carboxylic acids is 1. The second-order valence-corrected chi connectivity index (χ2v) is 2.72. The second kappa shape index (κ2) is 5.64. The summed E-state index contributed by atoms with van der Waals surface area (Å²) in [5.41, 5.74) is 2.71. The highest BCUT2D eigenvalue weighted by molar-refractivity contribution is 7.07. The molecule has 4 N–H and O–H groups in total. The minimum Gasteiger partial charge on any atom is -0.544 e. The molecule has 0 spiro atoms. The van der Waals surface area contributed by atoms with Crippen LogP contribution in [-0.2, 0) is 11.3 Å². The molecule has 0 radical (unpaired) electrons. The highest BCUT2D eigenvalue weighted by Crippen LogP contribution is 1.95. The van der Waals surface area contributed by atoms with Crippen LogP contribution in [0.15, 0.2) is 10.9 Å². The number of carboxylic acid groups (broad SMARTS) is 1. The zero-order chi connectivity index (χ0) is 7.56. The Labute approximate surface area is 73.5 Å². The van der Waals surface area contributed by atoms with Gasteiger partial charge >= 0.3 is 0 Å². The van der Waals surface area contributed by atoms with Gasteiger partial charge in [-0.2, -0.15) is 4.57 Å². The Morgan fingerprint density at radius 2 is 2.25 bits per heavy atom. The number of aromatic nitrogens is 1. The predicted molar refractivity (Wildman–Crippen MR) is 41.5 cm³/mol. The standard InChI is InChI=1S/C6H7NO2S.2H2O/c1-5-3-10-4-7(5)2-6(8)9;;/h3-4H,2H2,1H3;2*1H2. The van der Waals surface area contributed by atoms with Crippen molar-refractivity contribution in [2.45, 2.75) is 13.5 Å². The molecule has 1 heterocycles. The lowest BCUT2D eigenvalue weighted by Gasteiger charge is -1.94. The zero-order valence-electron chi connectivity index (χ0n) is 6.53. The molecule has 0 amide bonds. The van der Waals surface area contributed by atoms with Crippen LogP contribution in [0.3, 0.4) is 0 Å². The lowest BCUT2D eigenvalue weighted by Crippen LogP contribution is -2.44. The molecule has 0 unspecified atom stereocenters. The third kappa shape index (κ3) is 3.42. The second-order valence-electron chi connectivity index (χ2n) is 2.00. The normalized spacial score (nSPS) is 8.08. The summed E-state index contributed by atoms with van der Waals surface area (Å²) in [7, 11) is 0. The van der Waals surface area contributed by atoms with Gasteiger partial charge in [-0.05, 0) is 0 Å². The minimum absolute atomic E-state index is 0. The van der Waals surface area contributed by atoms with Crippen molar-refractivity contribution in [3.05, 3.63) is 16.6 Å². The van der Waals surface area contributed by atoms with Gasteiger partial charge in [0.15, 0.2) is 12.2 Å². The SMILES string of the molecule is Cc1csc[n+]1CC(=O)[O-].O.O. The minimum atomic E-state index is -1.05. The topological polar surface area (TPSA) is 107 Å². The fraction of sp³-hybridized carbons (Fsp3) is 0.333. The molecule has 0 atom stereocenters. The Balaban J connectivity index is 0.